The van der Waals surface area contributed by atoms with Crippen LogP contribution in [0.2, 0.25) is 0 Å². The topological polar surface area (TPSA) is 18.5 Å². The lowest BCUT2D eigenvalue weighted by molar-refractivity contribution is -1.03. The fourth-order valence-corrected chi connectivity index (χ4v) is 3.03. The predicted molar refractivity (Wildman–Crippen MR) is 76.9 cm³/mol. The standard InChI is InChI=1S/C16H24NO2/c1-12-9-15-14(16(3,10-12)11-18-5)8-7-13(2)17(15,4)19-6/h7-10H,11H2,1-6H3/q+1. The molecule has 0 radical (unpaired) electrons. The Hall–Kier alpha value is -1.16. The molecule has 3 nitrogen and oxygen atoms in total. The van der Waals surface area contributed by atoms with E-state index in [9.17, 15) is 0 Å². The second-order valence-electron chi connectivity index (χ2n) is 5.76. The van der Waals surface area contributed by atoms with Gasteiger partial charge in [-0.2, -0.15) is 4.84 Å². The van der Waals surface area contributed by atoms with Crippen LogP contribution >= 0.6 is 0 Å². The maximum absolute atomic E-state index is 5.77. The van der Waals surface area contributed by atoms with Crippen molar-refractivity contribution in [3.8, 4) is 0 Å². The zero-order valence-electron chi connectivity index (χ0n) is 12.8. The Morgan fingerprint density at radius 2 is 1.89 bits per heavy atom. The fraction of sp³-hybridized carbons (Fsp3) is 0.500. The van der Waals surface area contributed by atoms with Crippen molar-refractivity contribution in [1.29, 1.82) is 0 Å². The molecule has 1 aliphatic heterocycles. The molecule has 0 aromatic rings. The van der Waals surface area contributed by atoms with E-state index in [0.29, 0.717) is 11.3 Å². The Balaban J connectivity index is 2.60. The number of ether oxygens (including phenoxy) is 1. The average Bonchev–Trinajstić information content (AvgIpc) is 2.34. The molecule has 1 aliphatic carbocycles. The van der Waals surface area contributed by atoms with Gasteiger partial charge in [-0.05, 0) is 31.6 Å². The Labute approximate surface area is 116 Å². The summed E-state index contributed by atoms with van der Waals surface area (Å²) in [5, 5.41) is 0. The van der Waals surface area contributed by atoms with E-state index < -0.39 is 0 Å². The van der Waals surface area contributed by atoms with Gasteiger partial charge in [0, 0.05) is 31.1 Å². The molecular weight excluding hydrogens is 238 g/mol. The molecule has 2 rings (SSSR count). The fourth-order valence-electron chi connectivity index (χ4n) is 3.03. The van der Waals surface area contributed by atoms with E-state index in [-0.39, 0.29) is 5.41 Å². The molecule has 2 unspecified atom stereocenters. The van der Waals surface area contributed by atoms with E-state index in [4.69, 9.17) is 9.57 Å². The van der Waals surface area contributed by atoms with Crippen LogP contribution in [0.4, 0.5) is 0 Å². The van der Waals surface area contributed by atoms with Crippen molar-refractivity contribution < 1.29 is 14.2 Å². The first-order valence-corrected chi connectivity index (χ1v) is 6.60. The number of nitrogens with zero attached hydrogens (tertiary/aromatic N) is 1. The molecule has 0 fully saturated rings. The average molecular weight is 262 g/mol. The summed E-state index contributed by atoms with van der Waals surface area (Å²) < 4.78 is 5.83. The molecule has 19 heavy (non-hydrogen) atoms. The van der Waals surface area contributed by atoms with Gasteiger partial charge in [0.15, 0.2) is 5.70 Å². The number of fused-ring (bicyclic) bond motifs is 1. The largest absolute Gasteiger partial charge is 0.383 e. The Kier molecular flexibility index (Phi) is 3.56. The highest BCUT2D eigenvalue weighted by Gasteiger charge is 2.44. The quantitative estimate of drug-likeness (QED) is 0.726. The maximum atomic E-state index is 5.77. The monoisotopic (exact) mass is 262 g/mol. The van der Waals surface area contributed by atoms with Crippen molar-refractivity contribution >= 4 is 0 Å². The van der Waals surface area contributed by atoms with Gasteiger partial charge in [-0.15, -0.1) is 4.65 Å². The number of likely N-dealkylation sites (N-methyl/N-ethyl adjacent to an activating group) is 1. The van der Waals surface area contributed by atoms with E-state index in [2.05, 4.69) is 52.1 Å². The number of allylic oxidation sites excluding steroid dienone is 6. The van der Waals surface area contributed by atoms with Crippen LogP contribution in [-0.4, -0.2) is 32.5 Å². The van der Waals surface area contributed by atoms with Crippen LogP contribution < -0.4 is 0 Å². The molecule has 3 heteroatoms. The molecule has 0 saturated heterocycles. The van der Waals surface area contributed by atoms with E-state index in [1.807, 2.05) is 0 Å². The lowest BCUT2D eigenvalue weighted by Gasteiger charge is -2.41. The number of rotatable bonds is 3. The molecule has 1 heterocycles. The molecule has 104 valence electrons. The number of methoxy groups -OCH3 is 1. The summed E-state index contributed by atoms with van der Waals surface area (Å²) in [5.74, 6) is 0. The van der Waals surface area contributed by atoms with Crippen LogP contribution in [0, 0.1) is 5.41 Å². The molecular formula is C16H24NO2+. The highest BCUT2D eigenvalue weighted by molar-refractivity contribution is 5.49. The lowest BCUT2D eigenvalue weighted by Crippen LogP contribution is -2.45. The Bertz CT molecular complexity index is 513. The van der Waals surface area contributed by atoms with Gasteiger partial charge < -0.3 is 4.74 Å². The number of hydrogen-bond donors (Lipinski definition) is 0. The number of hydroxylamine groups is 3. The van der Waals surface area contributed by atoms with Crippen molar-refractivity contribution in [3.63, 3.8) is 0 Å². The molecule has 2 aliphatic rings. The Morgan fingerprint density at radius 3 is 2.47 bits per heavy atom. The minimum Gasteiger partial charge on any atom is -0.383 e. The smallest absolute Gasteiger partial charge is 0.174 e. The highest BCUT2D eigenvalue weighted by Crippen LogP contribution is 2.46. The van der Waals surface area contributed by atoms with Crippen LogP contribution in [0.25, 0.3) is 0 Å². The zero-order valence-corrected chi connectivity index (χ0v) is 12.8. The molecule has 0 aromatic heterocycles. The summed E-state index contributed by atoms with van der Waals surface area (Å²) in [6, 6.07) is 0. The summed E-state index contributed by atoms with van der Waals surface area (Å²) in [7, 11) is 5.58. The molecule has 0 saturated carbocycles. The summed E-state index contributed by atoms with van der Waals surface area (Å²) in [4.78, 5) is 5.77. The zero-order chi connectivity index (χ0) is 14.3. The van der Waals surface area contributed by atoms with Gasteiger partial charge in [0.1, 0.15) is 12.7 Å². The third kappa shape index (κ3) is 2.12. The molecule has 0 amide bonds. The minimum atomic E-state index is -0.0991. The van der Waals surface area contributed by atoms with Crippen LogP contribution in [0.1, 0.15) is 20.8 Å². The number of hydrogen-bond acceptors (Lipinski definition) is 2. The molecule has 2 atom stereocenters. The van der Waals surface area contributed by atoms with Gasteiger partial charge in [0.2, 0.25) is 0 Å². The van der Waals surface area contributed by atoms with E-state index in [1.165, 1.54) is 22.5 Å². The highest BCUT2D eigenvalue weighted by atomic mass is 16.7. The van der Waals surface area contributed by atoms with Crippen LogP contribution in [-0.2, 0) is 9.57 Å². The number of quaternary nitrogens is 1. The molecule has 0 spiro atoms. The van der Waals surface area contributed by atoms with Gasteiger partial charge >= 0.3 is 0 Å². The van der Waals surface area contributed by atoms with Crippen LogP contribution in [0.3, 0.4) is 0 Å². The van der Waals surface area contributed by atoms with Crippen molar-refractivity contribution in [3.05, 3.63) is 46.8 Å². The van der Waals surface area contributed by atoms with Gasteiger partial charge in [-0.3, -0.25) is 0 Å². The Morgan fingerprint density at radius 1 is 1.21 bits per heavy atom. The molecule has 0 N–H and O–H groups in total. The first-order valence-electron chi connectivity index (χ1n) is 6.60. The summed E-state index contributed by atoms with van der Waals surface area (Å²) in [6.45, 7) is 7.11. The summed E-state index contributed by atoms with van der Waals surface area (Å²) in [5.41, 5.74) is 4.80. The van der Waals surface area contributed by atoms with Crippen LogP contribution in [0.15, 0.2) is 46.8 Å². The van der Waals surface area contributed by atoms with Crippen molar-refractivity contribution in [2.75, 3.05) is 27.9 Å². The molecule has 0 bridgehead atoms. The molecule has 0 aromatic carbocycles. The lowest BCUT2D eigenvalue weighted by atomic mass is 9.74. The minimum absolute atomic E-state index is 0.0991. The van der Waals surface area contributed by atoms with Gasteiger partial charge in [0.05, 0.1) is 13.7 Å². The van der Waals surface area contributed by atoms with E-state index in [1.54, 1.807) is 14.2 Å². The van der Waals surface area contributed by atoms with Crippen molar-refractivity contribution in [2.24, 2.45) is 5.41 Å². The third-order valence-corrected chi connectivity index (χ3v) is 4.24. The second-order valence-corrected chi connectivity index (χ2v) is 5.76. The predicted octanol–water partition coefficient (Wildman–Crippen LogP) is 3.33. The summed E-state index contributed by atoms with van der Waals surface area (Å²) >= 11 is 0. The summed E-state index contributed by atoms with van der Waals surface area (Å²) in [6.07, 6.45) is 8.82. The second kappa shape index (κ2) is 4.75. The van der Waals surface area contributed by atoms with Crippen molar-refractivity contribution in [2.45, 2.75) is 20.8 Å². The van der Waals surface area contributed by atoms with E-state index >= 15 is 0 Å². The maximum Gasteiger partial charge on any atom is 0.174 e. The van der Waals surface area contributed by atoms with E-state index in [0.717, 1.165) is 0 Å². The third-order valence-electron chi connectivity index (χ3n) is 4.24. The normalized spacial score (nSPS) is 34.0. The van der Waals surface area contributed by atoms with Gasteiger partial charge in [0.25, 0.3) is 0 Å². The first kappa shape index (κ1) is 14.3. The van der Waals surface area contributed by atoms with Crippen LogP contribution in [0.5, 0.6) is 0 Å². The first-order chi connectivity index (χ1) is 8.87. The SMILES string of the molecule is COCC1(C)C=C(C)C=C2C1=CC=C(C)[N+]2(C)OC. The van der Waals surface area contributed by atoms with Gasteiger partial charge in [-0.25, -0.2) is 0 Å². The van der Waals surface area contributed by atoms with Crippen molar-refractivity contribution in [1.82, 2.24) is 0 Å². The van der Waals surface area contributed by atoms with Gasteiger partial charge in [-0.1, -0.05) is 6.08 Å².